The number of carbonyl (C=O) groups is 1. The second kappa shape index (κ2) is 7.14. The van der Waals surface area contributed by atoms with E-state index in [9.17, 15) is 4.79 Å². The fourth-order valence-corrected chi connectivity index (χ4v) is 2.80. The molecule has 0 aliphatic carbocycles. The molecule has 2 N–H and O–H groups in total. The summed E-state index contributed by atoms with van der Waals surface area (Å²) in [6.45, 7) is 4.00. The van der Waals surface area contributed by atoms with E-state index in [1.807, 2.05) is 26.0 Å². The van der Waals surface area contributed by atoms with Crippen LogP contribution in [0.3, 0.4) is 0 Å². The highest BCUT2D eigenvalue weighted by atomic mass is 35.5. The molecule has 1 aromatic heterocycles. The molecule has 2 atom stereocenters. The first-order valence-electron chi connectivity index (χ1n) is 6.01. The second-order valence-electron chi connectivity index (χ2n) is 4.66. The van der Waals surface area contributed by atoms with Gasteiger partial charge in [-0.2, -0.15) is 0 Å². The summed E-state index contributed by atoms with van der Waals surface area (Å²) in [4.78, 5) is 13.0. The van der Waals surface area contributed by atoms with Crippen LogP contribution in [0, 0.1) is 5.92 Å². The number of nitrogens with two attached hydrogens (primary N) is 1. The number of hydrogen-bond donors (Lipinski definition) is 1. The third-order valence-electron chi connectivity index (χ3n) is 2.82. The van der Waals surface area contributed by atoms with Crippen LogP contribution in [0.1, 0.15) is 38.0 Å². The number of rotatable bonds is 7. The van der Waals surface area contributed by atoms with Gasteiger partial charge >= 0.3 is 0 Å². The van der Waals surface area contributed by atoms with Crippen molar-refractivity contribution in [1.29, 1.82) is 0 Å². The van der Waals surface area contributed by atoms with Crippen LogP contribution in [0.4, 0.5) is 0 Å². The average molecular weight is 274 g/mol. The summed E-state index contributed by atoms with van der Waals surface area (Å²) in [5, 5.41) is 0. The van der Waals surface area contributed by atoms with E-state index in [1.54, 1.807) is 0 Å². The third kappa shape index (κ3) is 5.66. The summed E-state index contributed by atoms with van der Waals surface area (Å²) < 4.78 is 0.748. The minimum atomic E-state index is 0.120. The number of Topliss-reactive ketones (excluding diaryl/α,β-unsaturated/α-hetero) is 1. The quantitative estimate of drug-likeness (QED) is 0.824. The highest BCUT2D eigenvalue weighted by Crippen LogP contribution is 2.23. The van der Waals surface area contributed by atoms with Crippen LogP contribution >= 0.6 is 22.9 Å². The first kappa shape index (κ1) is 14.7. The molecule has 0 aliphatic rings. The molecule has 0 spiro atoms. The first-order valence-corrected chi connectivity index (χ1v) is 7.21. The Balaban J connectivity index is 2.32. The van der Waals surface area contributed by atoms with E-state index in [2.05, 4.69) is 0 Å². The molecule has 0 aromatic carbocycles. The zero-order valence-electron chi connectivity index (χ0n) is 10.4. The SMILES string of the molecule is CC(N)CCCC(C)C(=O)Cc1ccc(Cl)s1. The Morgan fingerprint density at radius 1 is 1.41 bits per heavy atom. The van der Waals surface area contributed by atoms with Gasteiger partial charge < -0.3 is 5.73 Å². The number of carbonyl (C=O) groups excluding carboxylic acids is 1. The summed E-state index contributed by atoms with van der Waals surface area (Å²) >= 11 is 7.32. The van der Waals surface area contributed by atoms with Crippen molar-refractivity contribution in [3.8, 4) is 0 Å². The molecule has 4 heteroatoms. The predicted molar refractivity (Wildman–Crippen MR) is 74.7 cm³/mol. The lowest BCUT2D eigenvalue weighted by Crippen LogP contribution is -2.17. The highest BCUT2D eigenvalue weighted by Gasteiger charge is 2.14. The van der Waals surface area contributed by atoms with Crippen LogP contribution in [-0.2, 0) is 11.2 Å². The molecular weight excluding hydrogens is 254 g/mol. The van der Waals surface area contributed by atoms with Crippen LogP contribution in [0.25, 0.3) is 0 Å². The predicted octanol–water partition coefficient (Wildman–Crippen LogP) is 3.67. The van der Waals surface area contributed by atoms with Crippen LogP contribution in [0.2, 0.25) is 4.34 Å². The van der Waals surface area contributed by atoms with Crippen LogP contribution in [0.5, 0.6) is 0 Å². The Hall–Kier alpha value is -0.380. The third-order valence-corrected chi connectivity index (χ3v) is 4.05. The van der Waals surface area contributed by atoms with Gasteiger partial charge in [-0.05, 0) is 31.9 Å². The van der Waals surface area contributed by atoms with Crippen molar-refractivity contribution in [2.45, 2.75) is 45.6 Å². The normalized spacial score (nSPS) is 14.6. The van der Waals surface area contributed by atoms with Crippen molar-refractivity contribution in [2.75, 3.05) is 0 Å². The monoisotopic (exact) mass is 273 g/mol. The average Bonchev–Trinajstić information content (AvgIpc) is 2.63. The molecule has 0 saturated carbocycles. The van der Waals surface area contributed by atoms with Gasteiger partial charge in [0.1, 0.15) is 5.78 Å². The Bertz CT molecular complexity index is 362. The highest BCUT2D eigenvalue weighted by molar-refractivity contribution is 7.16. The Morgan fingerprint density at radius 2 is 2.12 bits per heavy atom. The second-order valence-corrected chi connectivity index (χ2v) is 6.46. The van der Waals surface area contributed by atoms with Gasteiger partial charge in [0.25, 0.3) is 0 Å². The fraction of sp³-hybridized carbons (Fsp3) is 0.615. The minimum Gasteiger partial charge on any atom is -0.328 e. The van der Waals surface area contributed by atoms with E-state index in [1.165, 1.54) is 11.3 Å². The molecule has 0 amide bonds. The zero-order chi connectivity index (χ0) is 12.8. The molecule has 96 valence electrons. The zero-order valence-corrected chi connectivity index (χ0v) is 12.0. The van der Waals surface area contributed by atoms with Gasteiger partial charge in [-0.15, -0.1) is 11.3 Å². The van der Waals surface area contributed by atoms with Gasteiger partial charge in [-0.1, -0.05) is 24.9 Å². The fourth-order valence-electron chi connectivity index (χ4n) is 1.70. The van der Waals surface area contributed by atoms with Gasteiger partial charge in [-0.25, -0.2) is 0 Å². The van der Waals surface area contributed by atoms with Crippen LogP contribution in [-0.4, -0.2) is 11.8 Å². The summed E-state index contributed by atoms with van der Waals surface area (Å²) in [7, 11) is 0. The Labute approximate surface area is 112 Å². The van der Waals surface area contributed by atoms with Gasteiger partial charge in [0.05, 0.1) is 4.34 Å². The first-order chi connectivity index (χ1) is 7.99. The maximum Gasteiger partial charge on any atom is 0.140 e. The number of halogens is 1. The lowest BCUT2D eigenvalue weighted by atomic mass is 9.96. The standard InChI is InChI=1S/C13H20ClNOS/c1-9(4-3-5-10(2)15)12(16)8-11-6-7-13(14)17-11/h6-7,9-10H,3-5,8,15H2,1-2H3. The molecule has 2 nitrogen and oxygen atoms in total. The largest absolute Gasteiger partial charge is 0.328 e. The van der Waals surface area contributed by atoms with Gasteiger partial charge in [0.2, 0.25) is 0 Å². The molecular formula is C13H20ClNOS. The summed E-state index contributed by atoms with van der Waals surface area (Å²) in [5.41, 5.74) is 5.68. The van der Waals surface area contributed by atoms with E-state index < -0.39 is 0 Å². The lowest BCUT2D eigenvalue weighted by Gasteiger charge is -2.10. The molecule has 0 fully saturated rings. The molecule has 1 heterocycles. The van der Waals surface area contributed by atoms with Crippen molar-refractivity contribution in [3.63, 3.8) is 0 Å². The smallest absolute Gasteiger partial charge is 0.140 e. The number of hydrogen-bond acceptors (Lipinski definition) is 3. The molecule has 0 bridgehead atoms. The molecule has 0 saturated heterocycles. The minimum absolute atomic E-state index is 0.120. The van der Waals surface area contributed by atoms with Gasteiger partial charge in [0, 0.05) is 23.3 Å². The van der Waals surface area contributed by atoms with Crippen molar-refractivity contribution in [2.24, 2.45) is 11.7 Å². The molecule has 1 aromatic rings. The molecule has 0 radical (unpaired) electrons. The Kier molecular flexibility index (Phi) is 6.17. The molecule has 1 rings (SSSR count). The summed E-state index contributed by atoms with van der Waals surface area (Å²) in [5.74, 6) is 0.419. The molecule has 0 aliphatic heterocycles. The van der Waals surface area contributed by atoms with E-state index in [0.29, 0.717) is 12.2 Å². The maximum atomic E-state index is 11.9. The van der Waals surface area contributed by atoms with Gasteiger partial charge in [0.15, 0.2) is 0 Å². The van der Waals surface area contributed by atoms with Crippen molar-refractivity contribution >= 4 is 28.7 Å². The summed E-state index contributed by atoms with van der Waals surface area (Å²) in [6, 6.07) is 4.00. The lowest BCUT2D eigenvalue weighted by molar-refractivity contribution is -0.121. The van der Waals surface area contributed by atoms with E-state index in [-0.39, 0.29) is 12.0 Å². The van der Waals surface area contributed by atoms with E-state index in [0.717, 1.165) is 28.5 Å². The number of thiophene rings is 1. The summed E-state index contributed by atoms with van der Waals surface area (Å²) in [6.07, 6.45) is 3.45. The van der Waals surface area contributed by atoms with Crippen LogP contribution in [0.15, 0.2) is 12.1 Å². The van der Waals surface area contributed by atoms with E-state index >= 15 is 0 Å². The van der Waals surface area contributed by atoms with Crippen LogP contribution < -0.4 is 5.73 Å². The Morgan fingerprint density at radius 3 is 2.65 bits per heavy atom. The van der Waals surface area contributed by atoms with Crippen molar-refractivity contribution in [1.82, 2.24) is 0 Å². The van der Waals surface area contributed by atoms with Crippen molar-refractivity contribution < 1.29 is 4.79 Å². The topological polar surface area (TPSA) is 43.1 Å². The van der Waals surface area contributed by atoms with Gasteiger partial charge in [-0.3, -0.25) is 4.79 Å². The molecule has 17 heavy (non-hydrogen) atoms. The maximum absolute atomic E-state index is 11.9. The number of ketones is 1. The van der Waals surface area contributed by atoms with E-state index in [4.69, 9.17) is 17.3 Å². The van der Waals surface area contributed by atoms with Crippen molar-refractivity contribution in [3.05, 3.63) is 21.3 Å². The molecule has 2 unspecified atom stereocenters.